The molecule has 1 saturated carbocycles. The Morgan fingerprint density at radius 3 is 2.55 bits per heavy atom. The molecule has 2 N–H and O–H groups in total. The van der Waals surface area contributed by atoms with Crippen LogP contribution in [0.5, 0.6) is 0 Å². The van der Waals surface area contributed by atoms with Crippen LogP contribution in [0.3, 0.4) is 0 Å². The minimum atomic E-state index is -0.0945. The van der Waals surface area contributed by atoms with Crippen molar-refractivity contribution < 1.29 is 4.79 Å². The quantitative estimate of drug-likeness (QED) is 0.831. The number of hydrogen-bond donors (Lipinski definition) is 2. The Bertz CT molecular complexity index is 317. The maximum absolute atomic E-state index is 12.9. The van der Waals surface area contributed by atoms with Crippen molar-refractivity contribution in [2.45, 2.75) is 71.8 Å². The summed E-state index contributed by atoms with van der Waals surface area (Å²) in [6.07, 6.45) is 7.83. The second-order valence-corrected chi connectivity index (χ2v) is 7.26. The van der Waals surface area contributed by atoms with Gasteiger partial charge >= 0.3 is 0 Å². The first kappa shape index (κ1) is 15.8. The summed E-state index contributed by atoms with van der Waals surface area (Å²) in [4.78, 5) is 12.9. The summed E-state index contributed by atoms with van der Waals surface area (Å²) >= 11 is 0. The van der Waals surface area contributed by atoms with Crippen LogP contribution in [-0.4, -0.2) is 25.0 Å². The van der Waals surface area contributed by atoms with Crippen LogP contribution in [0.4, 0.5) is 0 Å². The largest absolute Gasteiger partial charge is 0.353 e. The topological polar surface area (TPSA) is 41.1 Å². The van der Waals surface area contributed by atoms with Crippen LogP contribution >= 0.6 is 0 Å². The van der Waals surface area contributed by atoms with Gasteiger partial charge in [0.15, 0.2) is 0 Å². The molecule has 1 aliphatic heterocycles. The average molecular weight is 280 g/mol. The summed E-state index contributed by atoms with van der Waals surface area (Å²) in [6, 6.07) is 0.405. The fourth-order valence-corrected chi connectivity index (χ4v) is 4.18. The van der Waals surface area contributed by atoms with E-state index in [-0.39, 0.29) is 5.41 Å². The van der Waals surface area contributed by atoms with Crippen molar-refractivity contribution in [3.8, 4) is 0 Å². The SMILES string of the molecule is CCCC1(C(=O)NC2CCC(C)CC2C)CCNCC1. The molecule has 0 spiro atoms. The maximum atomic E-state index is 12.9. The van der Waals surface area contributed by atoms with Crippen molar-refractivity contribution in [2.75, 3.05) is 13.1 Å². The first-order valence-corrected chi connectivity index (χ1v) is 8.59. The predicted molar refractivity (Wildman–Crippen MR) is 83.6 cm³/mol. The van der Waals surface area contributed by atoms with Crippen LogP contribution in [0, 0.1) is 17.3 Å². The van der Waals surface area contributed by atoms with Gasteiger partial charge in [-0.3, -0.25) is 4.79 Å². The fraction of sp³-hybridized carbons (Fsp3) is 0.941. The van der Waals surface area contributed by atoms with Gasteiger partial charge in [-0.15, -0.1) is 0 Å². The van der Waals surface area contributed by atoms with Gasteiger partial charge in [0, 0.05) is 6.04 Å². The van der Waals surface area contributed by atoms with E-state index in [2.05, 4.69) is 31.4 Å². The number of carbonyl (C=O) groups is 1. The molecule has 3 atom stereocenters. The van der Waals surface area contributed by atoms with Gasteiger partial charge in [-0.25, -0.2) is 0 Å². The molecule has 116 valence electrons. The lowest BCUT2D eigenvalue weighted by Crippen LogP contribution is -2.52. The Hall–Kier alpha value is -0.570. The van der Waals surface area contributed by atoms with E-state index in [1.54, 1.807) is 0 Å². The second-order valence-electron chi connectivity index (χ2n) is 7.26. The molecule has 1 amide bonds. The van der Waals surface area contributed by atoms with E-state index in [0.717, 1.165) is 51.1 Å². The summed E-state index contributed by atoms with van der Waals surface area (Å²) in [7, 11) is 0. The molecule has 2 aliphatic rings. The van der Waals surface area contributed by atoms with E-state index in [1.165, 1.54) is 12.8 Å². The van der Waals surface area contributed by atoms with Crippen molar-refractivity contribution in [3.05, 3.63) is 0 Å². The maximum Gasteiger partial charge on any atom is 0.226 e. The summed E-state index contributed by atoms with van der Waals surface area (Å²) in [5.41, 5.74) is -0.0945. The van der Waals surface area contributed by atoms with Crippen LogP contribution in [-0.2, 0) is 4.79 Å². The number of amides is 1. The van der Waals surface area contributed by atoms with Crippen LogP contribution in [0.1, 0.15) is 65.7 Å². The molecule has 2 fully saturated rings. The van der Waals surface area contributed by atoms with Crippen molar-refractivity contribution >= 4 is 5.91 Å². The Kier molecular flexibility index (Phi) is 5.48. The van der Waals surface area contributed by atoms with Gasteiger partial charge in [0.25, 0.3) is 0 Å². The highest BCUT2D eigenvalue weighted by Gasteiger charge is 2.40. The second kappa shape index (κ2) is 6.93. The number of rotatable bonds is 4. The van der Waals surface area contributed by atoms with Gasteiger partial charge in [-0.05, 0) is 63.5 Å². The van der Waals surface area contributed by atoms with Gasteiger partial charge in [0.1, 0.15) is 0 Å². The molecular formula is C17H32N2O. The Labute approximate surface area is 124 Å². The van der Waals surface area contributed by atoms with Crippen LogP contribution in [0.2, 0.25) is 0 Å². The van der Waals surface area contributed by atoms with Crippen LogP contribution in [0.15, 0.2) is 0 Å². The molecule has 1 saturated heterocycles. The van der Waals surface area contributed by atoms with Gasteiger partial charge in [-0.2, -0.15) is 0 Å². The minimum Gasteiger partial charge on any atom is -0.353 e. The molecule has 1 heterocycles. The molecule has 0 aromatic heterocycles. The zero-order chi connectivity index (χ0) is 14.6. The molecule has 3 nitrogen and oxygen atoms in total. The lowest BCUT2D eigenvalue weighted by Gasteiger charge is -2.40. The average Bonchev–Trinajstić information content (AvgIpc) is 2.43. The lowest BCUT2D eigenvalue weighted by molar-refractivity contribution is -0.134. The zero-order valence-electron chi connectivity index (χ0n) is 13.5. The highest BCUT2D eigenvalue weighted by molar-refractivity contribution is 5.83. The Morgan fingerprint density at radius 1 is 1.25 bits per heavy atom. The summed E-state index contributed by atoms with van der Waals surface area (Å²) in [5.74, 6) is 1.79. The third-order valence-electron chi connectivity index (χ3n) is 5.52. The molecule has 0 bridgehead atoms. The molecule has 3 heteroatoms. The first-order chi connectivity index (χ1) is 9.57. The smallest absolute Gasteiger partial charge is 0.226 e. The minimum absolute atomic E-state index is 0.0945. The number of piperidine rings is 1. The van der Waals surface area contributed by atoms with Crippen molar-refractivity contribution in [1.29, 1.82) is 0 Å². The first-order valence-electron chi connectivity index (χ1n) is 8.59. The summed E-state index contributed by atoms with van der Waals surface area (Å²) < 4.78 is 0. The van der Waals surface area contributed by atoms with Gasteiger partial charge in [0.05, 0.1) is 5.41 Å². The number of nitrogens with one attached hydrogen (secondary N) is 2. The molecule has 0 aromatic rings. The molecule has 1 aliphatic carbocycles. The molecular weight excluding hydrogens is 248 g/mol. The fourth-order valence-electron chi connectivity index (χ4n) is 4.18. The van der Waals surface area contributed by atoms with E-state index >= 15 is 0 Å². The molecule has 2 rings (SSSR count). The van der Waals surface area contributed by atoms with E-state index in [4.69, 9.17) is 0 Å². The van der Waals surface area contributed by atoms with Crippen molar-refractivity contribution in [1.82, 2.24) is 10.6 Å². The zero-order valence-corrected chi connectivity index (χ0v) is 13.5. The molecule has 20 heavy (non-hydrogen) atoms. The summed E-state index contributed by atoms with van der Waals surface area (Å²) in [5, 5.41) is 6.81. The third-order valence-corrected chi connectivity index (χ3v) is 5.52. The van der Waals surface area contributed by atoms with Gasteiger partial charge in [0.2, 0.25) is 5.91 Å². The number of carbonyl (C=O) groups excluding carboxylic acids is 1. The van der Waals surface area contributed by atoms with Crippen molar-refractivity contribution in [3.63, 3.8) is 0 Å². The van der Waals surface area contributed by atoms with E-state index in [0.29, 0.717) is 17.9 Å². The molecule has 0 aromatic carbocycles. The highest BCUT2D eigenvalue weighted by atomic mass is 16.2. The van der Waals surface area contributed by atoms with E-state index in [1.807, 2.05) is 0 Å². The Balaban J connectivity index is 1.97. The number of hydrogen-bond acceptors (Lipinski definition) is 2. The Morgan fingerprint density at radius 2 is 1.95 bits per heavy atom. The van der Waals surface area contributed by atoms with Gasteiger partial charge < -0.3 is 10.6 Å². The normalized spacial score (nSPS) is 33.6. The lowest BCUT2D eigenvalue weighted by atomic mass is 9.73. The molecule has 3 unspecified atom stereocenters. The van der Waals surface area contributed by atoms with Gasteiger partial charge in [-0.1, -0.05) is 27.2 Å². The monoisotopic (exact) mass is 280 g/mol. The van der Waals surface area contributed by atoms with Crippen LogP contribution < -0.4 is 10.6 Å². The third kappa shape index (κ3) is 3.55. The summed E-state index contributed by atoms with van der Waals surface area (Å²) in [6.45, 7) is 8.81. The van der Waals surface area contributed by atoms with E-state index < -0.39 is 0 Å². The van der Waals surface area contributed by atoms with Crippen LogP contribution in [0.25, 0.3) is 0 Å². The van der Waals surface area contributed by atoms with Crippen molar-refractivity contribution in [2.24, 2.45) is 17.3 Å². The molecule has 0 radical (unpaired) electrons. The van der Waals surface area contributed by atoms with E-state index in [9.17, 15) is 4.79 Å². The highest BCUT2D eigenvalue weighted by Crippen LogP contribution is 2.36. The standard InChI is InChI=1S/C17H32N2O/c1-4-7-17(8-10-18-11-9-17)16(20)19-15-6-5-13(2)12-14(15)3/h13-15,18H,4-12H2,1-3H3,(H,19,20). The predicted octanol–water partition coefficient (Wildman–Crippen LogP) is 3.10.